The number of benzene rings is 3. The van der Waals surface area contributed by atoms with Crippen molar-refractivity contribution < 1.29 is 23.2 Å². The third kappa shape index (κ3) is 4.11. The number of halogens is 2. The topological polar surface area (TPSA) is 78.5 Å². The van der Waals surface area contributed by atoms with Crippen LogP contribution in [0.3, 0.4) is 0 Å². The van der Waals surface area contributed by atoms with Crippen molar-refractivity contribution in [2.75, 3.05) is 15.5 Å². The van der Waals surface area contributed by atoms with Crippen molar-refractivity contribution in [3.63, 3.8) is 0 Å². The van der Waals surface area contributed by atoms with Gasteiger partial charge in [0, 0.05) is 18.3 Å². The summed E-state index contributed by atoms with van der Waals surface area (Å²) in [6.45, 7) is 1.38. The summed E-state index contributed by atoms with van der Waals surface area (Å²) in [5.41, 5.74) is 1.46. The van der Waals surface area contributed by atoms with E-state index in [0.717, 1.165) is 11.0 Å². The van der Waals surface area contributed by atoms with Gasteiger partial charge in [-0.15, -0.1) is 0 Å². The highest BCUT2D eigenvalue weighted by atomic mass is 19.1. The van der Waals surface area contributed by atoms with Crippen molar-refractivity contribution in [2.24, 2.45) is 0 Å². The van der Waals surface area contributed by atoms with Crippen molar-refractivity contribution >= 4 is 40.4 Å². The Balaban J connectivity index is 1.75. The van der Waals surface area contributed by atoms with E-state index < -0.39 is 23.4 Å². The molecule has 4 rings (SSSR count). The molecule has 0 saturated heterocycles. The second kappa shape index (κ2) is 8.43. The lowest BCUT2D eigenvalue weighted by Gasteiger charge is -2.15. The molecule has 0 radical (unpaired) electrons. The Labute approximate surface area is 182 Å². The summed E-state index contributed by atoms with van der Waals surface area (Å²) >= 11 is 0. The summed E-state index contributed by atoms with van der Waals surface area (Å²) in [6.07, 6.45) is 0. The minimum absolute atomic E-state index is 0.0295. The van der Waals surface area contributed by atoms with E-state index in [1.54, 1.807) is 24.3 Å². The molecular formula is C24H17F2N3O3. The molecule has 3 amide bonds. The molecule has 0 fully saturated rings. The van der Waals surface area contributed by atoms with Crippen LogP contribution in [-0.4, -0.2) is 17.7 Å². The van der Waals surface area contributed by atoms with Crippen molar-refractivity contribution in [3.05, 3.63) is 95.7 Å². The highest BCUT2D eigenvalue weighted by Crippen LogP contribution is 2.34. The van der Waals surface area contributed by atoms with Crippen molar-refractivity contribution in [1.29, 1.82) is 0 Å². The summed E-state index contributed by atoms with van der Waals surface area (Å²) in [6, 6.07) is 16.8. The van der Waals surface area contributed by atoms with Gasteiger partial charge in [-0.05, 0) is 60.2 Å². The Bertz CT molecular complexity index is 1250. The first-order chi connectivity index (χ1) is 15.3. The molecule has 0 spiro atoms. The number of carbonyl (C=O) groups is 3. The number of imide groups is 1. The number of hydrogen-bond donors (Lipinski definition) is 2. The molecule has 32 heavy (non-hydrogen) atoms. The third-order valence-electron chi connectivity index (χ3n) is 4.76. The smallest absolute Gasteiger partial charge is 0.282 e. The lowest BCUT2D eigenvalue weighted by Crippen LogP contribution is -2.32. The van der Waals surface area contributed by atoms with Crippen LogP contribution in [0.25, 0.3) is 5.57 Å². The van der Waals surface area contributed by atoms with Crippen LogP contribution in [-0.2, 0) is 14.4 Å². The number of carbonyl (C=O) groups excluding carboxylic acids is 3. The standard InChI is InChI=1S/C24H17F2N3O3/c1-14(30)27-18-9-11-19(12-10-18)28-22-21(15-5-7-16(25)8-6-15)23(31)29(24(22)32)20-4-2-3-17(26)13-20/h2-13,28H,1H3,(H,27,30). The molecule has 1 aliphatic rings. The zero-order chi connectivity index (χ0) is 22.8. The average Bonchev–Trinajstić information content (AvgIpc) is 2.99. The number of nitrogens with zero attached hydrogens (tertiary/aromatic N) is 1. The molecule has 0 saturated carbocycles. The second-order valence-electron chi connectivity index (χ2n) is 7.07. The lowest BCUT2D eigenvalue weighted by molar-refractivity contribution is -0.120. The Morgan fingerprint density at radius 3 is 2.09 bits per heavy atom. The predicted molar refractivity (Wildman–Crippen MR) is 117 cm³/mol. The second-order valence-corrected chi connectivity index (χ2v) is 7.07. The lowest BCUT2D eigenvalue weighted by atomic mass is 10.0. The van der Waals surface area contributed by atoms with Crippen LogP contribution >= 0.6 is 0 Å². The SMILES string of the molecule is CC(=O)Nc1ccc(NC2=C(c3ccc(F)cc3)C(=O)N(c3cccc(F)c3)C2=O)cc1. The first-order valence-corrected chi connectivity index (χ1v) is 9.63. The van der Waals surface area contributed by atoms with Crippen LogP contribution in [0.5, 0.6) is 0 Å². The number of rotatable bonds is 5. The quantitative estimate of drug-likeness (QED) is 0.588. The van der Waals surface area contributed by atoms with Gasteiger partial charge in [0.2, 0.25) is 5.91 Å². The normalized spacial score (nSPS) is 13.5. The molecule has 2 N–H and O–H groups in total. The number of hydrogen-bond acceptors (Lipinski definition) is 4. The minimum atomic E-state index is -0.675. The Kier molecular flexibility index (Phi) is 5.51. The van der Waals surface area contributed by atoms with Crippen LogP contribution in [0.15, 0.2) is 78.5 Å². The van der Waals surface area contributed by atoms with E-state index in [1.165, 1.54) is 49.4 Å². The van der Waals surface area contributed by atoms with Gasteiger partial charge in [-0.3, -0.25) is 14.4 Å². The molecule has 3 aromatic carbocycles. The summed E-state index contributed by atoms with van der Waals surface area (Å²) in [5.74, 6) is -2.65. The Morgan fingerprint density at radius 2 is 1.47 bits per heavy atom. The van der Waals surface area contributed by atoms with Gasteiger partial charge in [0.15, 0.2) is 0 Å². The van der Waals surface area contributed by atoms with Crippen LogP contribution in [0.2, 0.25) is 0 Å². The van der Waals surface area contributed by atoms with Crippen molar-refractivity contribution in [1.82, 2.24) is 0 Å². The van der Waals surface area contributed by atoms with E-state index in [9.17, 15) is 23.2 Å². The van der Waals surface area contributed by atoms with Crippen LogP contribution in [0, 0.1) is 11.6 Å². The molecule has 6 nitrogen and oxygen atoms in total. The molecular weight excluding hydrogens is 416 g/mol. The highest BCUT2D eigenvalue weighted by Gasteiger charge is 2.40. The van der Waals surface area contributed by atoms with Crippen LogP contribution in [0.4, 0.5) is 25.8 Å². The van der Waals surface area contributed by atoms with E-state index in [0.29, 0.717) is 16.9 Å². The Morgan fingerprint density at radius 1 is 0.812 bits per heavy atom. The van der Waals surface area contributed by atoms with Gasteiger partial charge >= 0.3 is 0 Å². The molecule has 0 aliphatic carbocycles. The van der Waals surface area contributed by atoms with Gasteiger partial charge in [-0.2, -0.15) is 0 Å². The molecule has 0 aromatic heterocycles. The van der Waals surface area contributed by atoms with Crippen LogP contribution < -0.4 is 15.5 Å². The zero-order valence-electron chi connectivity index (χ0n) is 16.9. The van der Waals surface area contributed by atoms with E-state index in [-0.39, 0.29) is 22.9 Å². The Hall–Kier alpha value is -4.33. The fourth-order valence-electron chi connectivity index (χ4n) is 3.36. The van der Waals surface area contributed by atoms with Gasteiger partial charge in [0.1, 0.15) is 17.3 Å². The summed E-state index contributed by atoms with van der Waals surface area (Å²) < 4.78 is 27.2. The number of amides is 3. The van der Waals surface area contributed by atoms with E-state index in [4.69, 9.17) is 0 Å². The summed E-state index contributed by atoms with van der Waals surface area (Å²) in [4.78, 5) is 38.5. The zero-order valence-corrected chi connectivity index (χ0v) is 16.9. The number of anilines is 3. The van der Waals surface area contributed by atoms with E-state index in [1.807, 2.05) is 0 Å². The molecule has 160 valence electrons. The minimum Gasteiger partial charge on any atom is -0.350 e. The number of nitrogens with one attached hydrogen (secondary N) is 2. The van der Waals surface area contributed by atoms with Crippen LogP contribution in [0.1, 0.15) is 12.5 Å². The molecule has 0 bridgehead atoms. The first kappa shape index (κ1) is 20.9. The highest BCUT2D eigenvalue weighted by molar-refractivity contribution is 6.46. The molecule has 1 aliphatic heterocycles. The summed E-state index contributed by atoms with van der Waals surface area (Å²) in [7, 11) is 0. The maximum absolute atomic E-state index is 13.8. The fourth-order valence-corrected chi connectivity index (χ4v) is 3.36. The van der Waals surface area contributed by atoms with E-state index >= 15 is 0 Å². The summed E-state index contributed by atoms with van der Waals surface area (Å²) in [5, 5.41) is 5.58. The van der Waals surface area contributed by atoms with Gasteiger partial charge in [0.05, 0.1) is 11.3 Å². The molecule has 1 heterocycles. The largest absolute Gasteiger partial charge is 0.350 e. The molecule has 3 aromatic rings. The molecule has 0 atom stereocenters. The van der Waals surface area contributed by atoms with Gasteiger partial charge in [-0.25, -0.2) is 13.7 Å². The third-order valence-corrected chi connectivity index (χ3v) is 4.76. The van der Waals surface area contributed by atoms with Gasteiger partial charge < -0.3 is 10.6 Å². The monoisotopic (exact) mass is 433 g/mol. The van der Waals surface area contributed by atoms with Gasteiger partial charge in [-0.1, -0.05) is 18.2 Å². The molecule has 0 unspecified atom stereocenters. The average molecular weight is 433 g/mol. The predicted octanol–water partition coefficient (Wildman–Crippen LogP) is 4.32. The first-order valence-electron chi connectivity index (χ1n) is 9.63. The molecule has 8 heteroatoms. The van der Waals surface area contributed by atoms with Crippen molar-refractivity contribution in [3.8, 4) is 0 Å². The van der Waals surface area contributed by atoms with Gasteiger partial charge in [0.25, 0.3) is 11.8 Å². The van der Waals surface area contributed by atoms with Crippen molar-refractivity contribution in [2.45, 2.75) is 6.92 Å². The maximum atomic E-state index is 13.8. The fraction of sp³-hybridized carbons (Fsp3) is 0.0417. The maximum Gasteiger partial charge on any atom is 0.282 e. The van der Waals surface area contributed by atoms with E-state index in [2.05, 4.69) is 10.6 Å².